The minimum absolute atomic E-state index is 0.00588. The lowest BCUT2D eigenvalue weighted by molar-refractivity contribution is -0.121. The van der Waals surface area contributed by atoms with Gasteiger partial charge in [-0.2, -0.15) is 0 Å². The van der Waals surface area contributed by atoms with Crippen molar-refractivity contribution in [2.75, 3.05) is 32.2 Å². The highest BCUT2D eigenvalue weighted by Gasteiger charge is 2.32. The Morgan fingerprint density at radius 1 is 1.28 bits per heavy atom. The van der Waals surface area contributed by atoms with Gasteiger partial charge in [0.05, 0.1) is 11.8 Å². The normalized spacial score (nSPS) is 17.1. The topological polar surface area (TPSA) is 127 Å². The highest BCUT2D eigenvalue weighted by atomic mass is 35.5. The molecule has 2 aromatic carbocycles. The van der Waals surface area contributed by atoms with Gasteiger partial charge in [-0.1, -0.05) is 29.8 Å². The summed E-state index contributed by atoms with van der Waals surface area (Å²) < 4.78 is 19.0. The number of hydrogen-bond donors (Lipinski definition) is 5. The van der Waals surface area contributed by atoms with Gasteiger partial charge in [-0.15, -0.1) is 0 Å². The minimum atomic E-state index is -0.600. The molecule has 2 atom stereocenters. The predicted octanol–water partition coefficient (Wildman–Crippen LogP) is 1.89. The Balaban J connectivity index is 1.56. The molecular weight excluding hydrogens is 435 g/mol. The minimum Gasteiger partial charge on any atom is -0.370 e. The summed E-state index contributed by atoms with van der Waals surface area (Å²) in [4.78, 5) is 16.3. The molecule has 0 saturated carbocycles. The van der Waals surface area contributed by atoms with Gasteiger partial charge >= 0.3 is 0 Å². The van der Waals surface area contributed by atoms with E-state index in [9.17, 15) is 9.18 Å². The molecule has 8 nitrogen and oxygen atoms in total. The molecule has 0 unspecified atom stereocenters. The first-order valence-electron chi connectivity index (χ1n) is 10.2. The Morgan fingerprint density at radius 2 is 2.09 bits per heavy atom. The lowest BCUT2D eigenvalue weighted by Gasteiger charge is -2.21. The second-order valence-electron chi connectivity index (χ2n) is 7.64. The summed E-state index contributed by atoms with van der Waals surface area (Å²) in [7, 11) is 1.91. The first kappa shape index (κ1) is 23.9. The van der Waals surface area contributed by atoms with Crippen LogP contribution in [0.15, 0.2) is 41.4 Å². The van der Waals surface area contributed by atoms with E-state index >= 15 is 0 Å². The molecule has 0 heterocycles. The molecular formula is C22H28ClFN6O2. The van der Waals surface area contributed by atoms with Crippen LogP contribution in [0.1, 0.15) is 22.7 Å². The number of carbonyl (C=O) groups is 1. The number of nitrogens with two attached hydrogens (primary N) is 2. The molecule has 1 aliphatic rings. The monoisotopic (exact) mass is 462 g/mol. The molecule has 0 aliphatic heterocycles. The van der Waals surface area contributed by atoms with Crippen molar-refractivity contribution in [2.24, 2.45) is 22.4 Å². The van der Waals surface area contributed by atoms with Crippen molar-refractivity contribution in [3.63, 3.8) is 0 Å². The maximum Gasteiger partial charge on any atom is 0.250 e. The van der Waals surface area contributed by atoms with Gasteiger partial charge in [0.1, 0.15) is 12.4 Å². The van der Waals surface area contributed by atoms with Crippen molar-refractivity contribution in [1.82, 2.24) is 10.6 Å². The Labute approximate surface area is 191 Å². The van der Waals surface area contributed by atoms with Crippen molar-refractivity contribution < 1.29 is 13.9 Å². The van der Waals surface area contributed by atoms with Gasteiger partial charge in [0.25, 0.3) is 0 Å². The van der Waals surface area contributed by atoms with Gasteiger partial charge in [-0.25, -0.2) is 4.39 Å². The fourth-order valence-electron chi connectivity index (χ4n) is 3.84. The molecule has 172 valence electrons. The second-order valence-corrected chi connectivity index (χ2v) is 8.05. The number of carbonyl (C=O) groups excluding carboxylic acids is 1. The Kier molecular flexibility index (Phi) is 8.40. The predicted molar refractivity (Wildman–Crippen MR) is 124 cm³/mol. The first-order chi connectivity index (χ1) is 15.4. The largest absolute Gasteiger partial charge is 0.370 e. The van der Waals surface area contributed by atoms with Crippen molar-refractivity contribution in [3.8, 4) is 0 Å². The number of benzene rings is 2. The van der Waals surface area contributed by atoms with E-state index in [1.807, 2.05) is 7.05 Å². The number of halogens is 2. The van der Waals surface area contributed by atoms with Crippen molar-refractivity contribution >= 4 is 29.2 Å². The van der Waals surface area contributed by atoms with E-state index in [1.165, 1.54) is 28.8 Å². The van der Waals surface area contributed by atoms with Crippen LogP contribution in [0, 0.1) is 11.7 Å². The summed E-state index contributed by atoms with van der Waals surface area (Å²) >= 11 is 5.65. The van der Waals surface area contributed by atoms with Crippen molar-refractivity contribution in [1.29, 1.82) is 0 Å². The van der Waals surface area contributed by atoms with Crippen molar-refractivity contribution in [3.05, 3.63) is 63.9 Å². The molecule has 0 fully saturated rings. The summed E-state index contributed by atoms with van der Waals surface area (Å²) in [6.45, 7) is 1.25. The molecule has 1 amide bonds. The van der Waals surface area contributed by atoms with Crippen LogP contribution >= 0.6 is 11.6 Å². The molecule has 7 N–H and O–H groups in total. The fraction of sp³-hybridized carbons (Fsp3) is 0.364. The Morgan fingerprint density at radius 3 is 2.81 bits per heavy atom. The van der Waals surface area contributed by atoms with E-state index in [-0.39, 0.29) is 36.3 Å². The molecule has 1 aliphatic carbocycles. The van der Waals surface area contributed by atoms with Crippen LogP contribution in [0.4, 0.5) is 10.1 Å². The molecule has 0 saturated heterocycles. The fourth-order valence-corrected chi connectivity index (χ4v) is 3.96. The van der Waals surface area contributed by atoms with Crippen LogP contribution in [0.25, 0.3) is 0 Å². The summed E-state index contributed by atoms with van der Waals surface area (Å²) in [5.41, 5.74) is 15.0. The first-order valence-corrected chi connectivity index (χ1v) is 10.6. The van der Waals surface area contributed by atoms with Crippen LogP contribution in [0.5, 0.6) is 0 Å². The smallest absolute Gasteiger partial charge is 0.250 e. The number of aliphatic imine (C=N–C) groups is 1. The van der Waals surface area contributed by atoms with E-state index in [4.69, 9.17) is 27.8 Å². The average Bonchev–Trinajstić information content (AvgIpc) is 3.09. The number of guanidine groups is 1. The zero-order valence-corrected chi connectivity index (χ0v) is 18.6. The summed E-state index contributed by atoms with van der Waals surface area (Å²) in [6.07, 6.45) is 0.837. The van der Waals surface area contributed by atoms with E-state index in [1.54, 1.807) is 0 Å². The quantitative estimate of drug-likeness (QED) is 0.159. The van der Waals surface area contributed by atoms with Gasteiger partial charge < -0.3 is 26.8 Å². The Hall–Kier alpha value is -2.72. The highest BCUT2D eigenvalue weighted by Crippen LogP contribution is 2.37. The van der Waals surface area contributed by atoms with Crippen LogP contribution in [-0.2, 0) is 22.5 Å². The van der Waals surface area contributed by atoms with Gasteiger partial charge in [0, 0.05) is 30.7 Å². The molecule has 10 heteroatoms. The van der Waals surface area contributed by atoms with Crippen molar-refractivity contribution in [2.45, 2.75) is 19.0 Å². The number of anilines is 1. The standard InChI is InChI=1S/C22H28ClFN6O2/c1-27-9-13-2-4-17-14(6-13)7-15(10-28-22(25)26)21(17)29-12-32-11-20(31)30-16-3-5-18(23)19(24)8-16/h2-6,8,15,21,27,29H,7,9-12H2,1H3,(H,30,31)(H4,25,26,28)/t15-,21-/m1/s1. The van der Waals surface area contributed by atoms with Crippen LogP contribution in [-0.4, -0.2) is 38.8 Å². The van der Waals surface area contributed by atoms with E-state index in [0.29, 0.717) is 12.2 Å². The van der Waals surface area contributed by atoms with E-state index in [0.717, 1.165) is 19.0 Å². The Bertz CT molecular complexity index is 983. The molecule has 0 bridgehead atoms. The van der Waals surface area contributed by atoms with Crippen LogP contribution in [0.3, 0.4) is 0 Å². The maximum atomic E-state index is 13.5. The third kappa shape index (κ3) is 6.39. The SMILES string of the molecule is CNCc1ccc2c(c1)C[C@H](CN=C(N)N)[C@H]2NCOCC(=O)Nc1ccc(Cl)c(F)c1. The molecule has 2 aromatic rings. The summed E-state index contributed by atoms with van der Waals surface area (Å²) in [6, 6.07) is 10.4. The van der Waals surface area contributed by atoms with Gasteiger partial charge in [-0.3, -0.25) is 15.1 Å². The highest BCUT2D eigenvalue weighted by molar-refractivity contribution is 6.30. The van der Waals surface area contributed by atoms with Gasteiger partial charge in [0.15, 0.2) is 5.96 Å². The number of nitrogens with zero attached hydrogens (tertiary/aromatic N) is 1. The lowest BCUT2D eigenvalue weighted by Crippen LogP contribution is -2.32. The van der Waals surface area contributed by atoms with E-state index < -0.39 is 11.7 Å². The van der Waals surface area contributed by atoms with Crippen LogP contribution < -0.4 is 27.4 Å². The number of rotatable bonds is 10. The third-order valence-corrected chi connectivity index (χ3v) is 5.53. The number of fused-ring (bicyclic) bond motifs is 1. The summed E-state index contributed by atoms with van der Waals surface area (Å²) in [5.74, 6) is -0.778. The molecule has 0 radical (unpaired) electrons. The molecule has 0 aromatic heterocycles. The number of hydrogen-bond acceptors (Lipinski definition) is 5. The third-order valence-electron chi connectivity index (χ3n) is 5.23. The second kappa shape index (κ2) is 11.2. The molecule has 32 heavy (non-hydrogen) atoms. The number of ether oxygens (including phenoxy) is 1. The summed E-state index contributed by atoms with van der Waals surface area (Å²) in [5, 5.41) is 9.08. The molecule has 3 rings (SSSR count). The molecule has 0 spiro atoms. The number of amides is 1. The number of nitrogens with one attached hydrogen (secondary N) is 3. The zero-order chi connectivity index (χ0) is 23.1. The van der Waals surface area contributed by atoms with Gasteiger partial charge in [-0.05, 0) is 48.4 Å². The average molecular weight is 463 g/mol. The van der Waals surface area contributed by atoms with E-state index in [2.05, 4.69) is 39.1 Å². The lowest BCUT2D eigenvalue weighted by atomic mass is 10.0. The van der Waals surface area contributed by atoms with Crippen LogP contribution in [0.2, 0.25) is 5.02 Å². The van der Waals surface area contributed by atoms with Gasteiger partial charge in [0.2, 0.25) is 5.91 Å². The zero-order valence-electron chi connectivity index (χ0n) is 17.8. The maximum absolute atomic E-state index is 13.5.